The summed E-state index contributed by atoms with van der Waals surface area (Å²) in [5.74, 6) is 0.589. The van der Waals surface area contributed by atoms with E-state index in [4.69, 9.17) is 4.74 Å². The smallest absolute Gasteiger partial charge is 0.171 e. The van der Waals surface area contributed by atoms with E-state index in [0.29, 0.717) is 5.78 Å². The van der Waals surface area contributed by atoms with Crippen LogP contribution in [0.15, 0.2) is 42.5 Å². The zero-order valence-electron chi connectivity index (χ0n) is 12.5. The van der Waals surface area contributed by atoms with Crippen molar-refractivity contribution in [2.75, 3.05) is 0 Å². The van der Waals surface area contributed by atoms with Crippen molar-refractivity contribution >= 4 is 5.78 Å². The van der Waals surface area contributed by atoms with Crippen LogP contribution >= 0.6 is 0 Å². The van der Waals surface area contributed by atoms with Crippen molar-refractivity contribution < 1.29 is 9.53 Å². The lowest BCUT2D eigenvalue weighted by Gasteiger charge is -2.35. The number of carbonyl (C=O) groups is 1. The fourth-order valence-corrected chi connectivity index (χ4v) is 4.70. The molecule has 2 nitrogen and oxygen atoms in total. The lowest BCUT2D eigenvalue weighted by atomic mass is 9.73. The molecule has 3 aliphatic rings. The molecule has 4 atom stereocenters. The van der Waals surface area contributed by atoms with E-state index in [-0.39, 0.29) is 17.4 Å². The summed E-state index contributed by atoms with van der Waals surface area (Å²) in [6.45, 7) is 2.15. The van der Waals surface area contributed by atoms with Crippen LogP contribution in [0.5, 0.6) is 0 Å². The van der Waals surface area contributed by atoms with E-state index in [1.165, 1.54) is 5.56 Å². The monoisotopic (exact) mass is 282 g/mol. The summed E-state index contributed by atoms with van der Waals surface area (Å²) in [7, 11) is 0. The summed E-state index contributed by atoms with van der Waals surface area (Å²) in [5.41, 5.74) is 0.364. The molecule has 2 heterocycles. The van der Waals surface area contributed by atoms with Crippen molar-refractivity contribution in [3.05, 3.63) is 48.0 Å². The molecular formula is C19H22O2. The number of hydrogen-bond acceptors (Lipinski definition) is 2. The first kappa shape index (κ1) is 13.3. The van der Waals surface area contributed by atoms with Crippen molar-refractivity contribution in [3.8, 4) is 0 Å². The second-order valence-corrected chi connectivity index (χ2v) is 6.88. The van der Waals surface area contributed by atoms with Gasteiger partial charge in [0.15, 0.2) is 5.78 Å². The van der Waals surface area contributed by atoms with Gasteiger partial charge >= 0.3 is 0 Å². The topological polar surface area (TPSA) is 26.3 Å². The molecule has 2 aliphatic heterocycles. The zero-order chi connectivity index (χ0) is 14.5. The summed E-state index contributed by atoms with van der Waals surface area (Å²) in [6, 6.07) is 10.3. The lowest BCUT2D eigenvalue weighted by molar-refractivity contribution is -0.143. The third-order valence-corrected chi connectivity index (χ3v) is 5.90. The van der Waals surface area contributed by atoms with Gasteiger partial charge in [-0.3, -0.25) is 4.79 Å². The molecule has 0 aromatic heterocycles. The molecule has 1 saturated carbocycles. The quantitative estimate of drug-likeness (QED) is 0.766. The van der Waals surface area contributed by atoms with E-state index < -0.39 is 5.60 Å². The molecule has 2 fully saturated rings. The first-order valence-corrected chi connectivity index (χ1v) is 8.12. The summed E-state index contributed by atoms with van der Waals surface area (Å²) in [5, 5.41) is 0. The normalized spacial score (nSPS) is 39.1. The largest absolute Gasteiger partial charge is 0.359 e. The molecule has 0 N–H and O–H groups in total. The summed E-state index contributed by atoms with van der Waals surface area (Å²) in [4.78, 5) is 13.2. The molecule has 110 valence electrons. The lowest BCUT2D eigenvalue weighted by Crippen LogP contribution is -2.42. The van der Waals surface area contributed by atoms with Crippen molar-refractivity contribution in [1.82, 2.24) is 0 Å². The predicted molar refractivity (Wildman–Crippen MR) is 82.1 cm³/mol. The summed E-state index contributed by atoms with van der Waals surface area (Å²) >= 11 is 0. The van der Waals surface area contributed by atoms with Gasteiger partial charge in [-0.1, -0.05) is 49.4 Å². The number of Topliss-reactive ketones (excluding diaryl/α,β-unsaturated/α-hetero) is 1. The van der Waals surface area contributed by atoms with E-state index in [2.05, 4.69) is 31.2 Å². The van der Waals surface area contributed by atoms with Gasteiger partial charge in [-0.15, -0.1) is 0 Å². The van der Waals surface area contributed by atoms with Crippen LogP contribution in [0.3, 0.4) is 0 Å². The first-order valence-electron chi connectivity index (χ1n) is 8.12. The van der Waals surface area contributed by atoms with Crippen LogP contribution in [0.2, 0.25) is 0 Å². The third kappa shape index (κ3) is 1.72. The molecule has 1 saturated heterocycles. The van der Waals surface area contributed by atoms with Crippen molar-refractivity contribution in [1.29, 1.82) is 0 Å². The fraction of sp³-hybridized carbons (Fsp3) is 0.526. The van der Waals surface area contributed by atoms with Crippen LogP contribution in [-0.4, -0.2) is 17.0 Å². The van der Waals surface area contributed by atoms with Gasteiger partial charge in [-0.2, -0.15) is 0 Å². The van der Waals surface area contributed by atoms with E-state index in [1.807, 2.05) is 18.2 Å². The Labute approximate surface area is 126 Å². The molecule has 2 heteroatoms. The van der Waals surface area contributed by atoms with E-state index in [0.717, 1.165) is 32.1 Å². The molecule has 2 bridgehead atoms. The Morgan fingerprint density at radius 2 is 1.95 bits per heavy atom. The SMILES string of the molecule is CC(c1ccccc1)[C@@]12CC=CC[C@]3(CCCC3C1=O)O2. The average Bonchev–Trinajstić information content (AvgIpc) is 2.91. The molecule has 1 spiro atoms. The van der Waals surface area contributed by atoms with Gasteiger partial charge in [0.2, 0.25) is 0 Å². The Kier molecular flexibility index (Phi) is 2.87. The highest BCUT2D eigenvalue weighted by Crippen LogP contribution is 2.57. The maximum absolute atomic E-state index is 13.2. The Morgan fingerprint density at radius 3 is 2.76 bits per heavy atom. The number of fused-ring (bicyclic) bond motifs is 1. The van der Waals surface area contributed by atoms with E-state index in [1.54, 1.807) is 0 Å². The Bertz CT molecular complexity index is 591. The Morgan fingerprint density at radius 1 is 1.19 bits per heavy atom. The van der Waals surface area contributed by atoms with Crippen LogP contribution < -0.4 is 0 Å². The van der Waals surface area contributed by atoms with Crippen LogP contribution in [0.4, 0.5) is 0 Å². The van der Waals surface area contributed by atoms with Gasteiger partial charge < -0.3 is 4.74 Å². The maximum Gasteiger partial charge on any atom is 0.171 e. The number of hydrogen-bond donors (Lipinski definition) is 0. The van der Waals surface area contributed by atoms with Crippen LogP contribution in [-0.2, 0) is 9.53 Å². The van der Waals surface area contributed by atoms with E-state index in [9.17, 15) is 4.79 Å². The number of ketones is 1. The second-order valence-electron chi connectivity index (χ2n) is 6.88. The third-order valence-electron chi connectivity index (χ3n) is 5.90. The maximum atomic E-state index is 13.2. The average molecular weight is 282 g/mol. The molecular weight excluding hydrogens is 260 g/mol. The number of carbonyl (C=O) groups excluding carboxylic acids is 1. The Hall–Kier alpha value is -1.41. The number of benzene rings is 1. The van der Waals surface area contributed by atoms with Crippen molar-refractivity contribution in [2.45, 2.75) is 56.1 Å². The predicted octanol–water partition coefficient (Wildman–Crippen LogP) is 4.02. The van der Waals surface area contributed by atoms with Crippen LogP contribution in [0.25, 0.3) is 0 Å². The van der Waals surface area contributed by atoms with E-state index >= 15 is 0 Å². The van der Waals surface area contributed by atoms with Crippen molar-refractivity contribution in [3.63, 3.8) is 0 Å². The minimum absolute atomic E-state index is 0.108. The van der Waals surface area contributed by atoms with Gasteiger partial charge in [-0.25, -0.2) is 0 Å². The second kappa shape index (κ2) is 4.54. The molecule has 1 aromatic rings. The molecule has 1 aliphatic carbocycles. The number of rotatable bonds is 2. The number of ether oxygens (including phenoxy) is 1. The summed E-state index contributed by atoms with van der Waals surface area (Å²) in [6.07, 6.45) is 9.21. The minimum atomic E-state index is -0.639. The molecule has 0 amide bonds. The van der Waals surface area contributed by atoms with Gasteiger partial charge in [-0.05, 0) is 31.2 Å². The first-order chi connectivity index (χ1) is 10.2. The van der Waals surface area contributed by atoms with Crippen LogP contribution in [0.1, 0.15) is 50.5 Å². The van der Waals surface area contributed by atoms with Gasteiger partial charge in [0.05, 0.1) is 11.5 Å². The molecule has 4 rings (SSSR count). The highest BCUT2D eigenvalue weighted by atomic mass is 16.5. The highest BCUT2D eigenvalue weighted by Gasteiger charge is 2.65. The Balaban J connectivity index is 1.79. The molecule has 21 heavy (non-hydrogen) atoms. The zero-order valence-corrected chi connectivity index (χ0v) is 12.5. The minimum Gasteiger partial charge on any atom is -0.359 e. The molecule has 0 radical (unpaired) electrons. The molecule has 2 unspecified atom stereocenters. The fourth-order valence-electron chi connectivity index (χ4n) is 4.70. The highest BCUT2D eigenvalue weighted by molar-refractivity contribution is 5.94. The standard InChI is InChI=1S/C19H22O2/c1-14(15-8-3-2-4-9-15)19-13-6-5-11-18(21-19)12-7-10-16(18)17(19)20/h2-6,8-9,14,16H,7,10-13H2,1H3/t14?,16?,18-,19+/m1/s1. The van der Waals surface area contributed by atoms with Gasteiger partial charge in [0.1, 0.15) is 5.60 Å². The van der Waals surface area contributed by atoms with Crippen LogP contribution in [0, 0.1) is 5.92 Å². The van der Waals surface area contributed by atoms with Crippen molar-refractivity contribution in [2.24, 2.45) is 5.92 Å². The summed E-state index contributed by atoms with van der Waals surface area (Å²) < 4.78 is 6.64. The van der Waals surface area contributed by atoms with Gasteiger partial charge in [0.25, 0.3) is 0 Å². The van der Waals surface area contributed by atoms with Gasteiger partial charge in [0, 0.05) is 12.3 Å². The molecule has 1 aromatic carbocycles.